The molecule has 8 heteroatoms. The van der Waals surface area contributed by atoms with Gasteiger partial charge in [0.25, 0.3) is 0 Å². The van der Waals surface area contributed by atoms with Gasteiger partial charge in [-0.1, -0.05) is 45.0 Å². The summed E-state index contributed by atoms with van der Waals surface area (Å²) >= 11 is 0. The van der Waals surface area contributed by atoms with Crippen LogP contribution in [0.15, 0.2) is 53.4 Å². The number of hydrogen-bond acceptors (Lipinski definition) is 6. The summed E-state index contributed by atoms with van der Waals surface area (Å²) in [5.74, 6) is -1.00. The van der Waals surface area contributed by atoms with Crippen LogP contribution in [0.1, 0.15) is 59.9 Å². The SMILES string of the molecule is CC(C)(C)c1ccc(C(=O)COC(=O)c2ccc(S(=O)(=O)NCC3CCCO3)cc2)cc1. The van der Waals surface area contributed by atoms with Gasteiger partial charge in [0.15, 0.2) is 12.4 Å². The predicted octanol–water partition coefficient (Wildman–Crippen LogP) is 3.48. The molecule has 0 amide bonds. The zero-order valence-electron chi connectivity index (χ0n) is 18.6. The zero-order valence-corrected chi connectivity index (χ0v) is 19.4. The second-order valence-corrected chi connectivity index (χ2v) is 10.6. The van der Waals surface area contributed by atoms with E-state index >= 15 is 0 Å². The standard InChI is InChI=1S/C24H29NO6S/c1-24(2,3)19-10-6-17(7-11-19)22(26)16-31-23(27)18-8-12-21(13-9-18)32(28,29)25-15-20-5-4-14-30-20/h6-13,20,25H,4-5,14-16H2,1-3H3. The molecule has 7 nitrogen and oxygen atoms in total. The van der Waals surface area contributed by atoms with Crippen molar-refractivity contribution in [1.29, 1.82) is 0 Å². The van der Waals surface area contributed by atoms with Crippen LogP contribution in [0.2, 0.25) is 0 Å². The molecule has 1 aliphatic heterocycles. The first-order valence-electron chi connectivity index (χ1n) is 10.6. The van der Waals surface area contributed by atoms with Crippen LogP contribution >= 0.6 is 0 Å². The number of benzene rings is 2. The number of ether oxygens (including phenoxy) is 2. The van der Waals surface area contributed by atoms with E-state index in [1.54, 1.807) is 12.1 Å². The fourth-order valence-corrected chi connectivity index (χ4v) is 4.38. The molecule has 1 saturated heterocycles. The summed E-state index contributed by atoms with van der Waals surface area (Å²) in [7, 11) is -3.70. The highest BCUT2D eigenvalue weighted by molar-refractivity contribution is 7.89. The largest absolute Gasteiger partial charge is 0.454 e. The number of hydrogen-bond donors (Lipinski definition) is 1. The van der Waals surface area contributed by atoms with E-state index in [1.807, 2.05) is 12.1 Å². The zero-order chi connectivity index (χ0) is 23.4. The minimum atomic E-state index is -3.70. The van der Waals surface area contributed by atoms with Gasteiger partial charge in [-0.25, -0.2) is 17.9 Å². The van der Waals surface area contributed by atoms with Gasteiger partial charge < -0.3 is 9.47 Å². The topological polar surface area (TPSA) is 98.8 Å². The molecule has 172 valence electrons. The molecule has 3 rings (SSSR count). The highest BCUT2D eigenvalue weighted by atomic mass is 32.2. The van der Waals surface area contributed by atoms with Crippen molar-refractivity contribution in [3.05, 3.63) is 65.2 Å². The number of rotatable bonds is 8. The second-order valence-electron chi connectivity index (χ2n) is 8.84. The molecule has 0 bridgehead atoms. The molecule has 0 saturated carbocycles. The van der Waals surface area contributed by atoms with Crippen molar-refractivity contribution in [2.45, 2.75) is 50.0 Å². The summed E-state index contributed by atoms with van der Waals surface area (Å²) in [6, 6.07) is 12.6. The van der Waals surface area contributed by atoms with Gasteiger partial charge in [-0.2, -0.15) is 0 Å². The molecule has 1 N–H and O–H groups in total. The maximum Gasteiger partial charge on any atom is 0.338 e. The van der Waals surface area contributed by atoms with E-state index in [1.165, 1.54) is 24.3 Å². The Bertz CT molecular complexity index is 1050. The highest BCUT2D eigenvalue weighted by Gasteiger charge is 2.21. The lowest BCUT2D eigenvalue weighted by molar-refractivity contribution is 0.0474. The van der Waals surface area contributed by atoms with Crippen molar-refractivity contribution in [3.63, 3.8) is 0 Å². The number of nitrogens with one attached hydrogen (secondary N) is 1. The lowest BCUT2D eigenvalue weighted by Crippen LogP contribution is -2.31. The smallest absolute Gasteiger partial charge is 0.338 e. The van der Waals surface area contributed by atoms with Crippen molar-refractivity contribution in [1.82, 2.24) is 4.72 Å². The van der Waals surface area contributed by atoms with Crippen LogP contribution in [0.3, 0.4) is 0 Å². The molecule has 2 aromatic carbocycles. The van der Waals surface area contributed by atoms with Crippen LogP contribution in [0.25, 0.3) is 0 Å². The summed E-state index contributed by atoms with van der Waals surface area (Å²) in [5.41, 5.74) is 1.71. The number of esters is 1. The average Bonchev–Trinajstić information content (AvgIpc) is 3.29. The predicted molar refractivity (Wildman–Crippen MR) is 120 cm³/mol. The quantitative estimate of drug-likeness (QED) is 0.479. The van der Waals surface area contributed by atoms with Crippen molar-refractivity contribution >= 4 is 21.8 Å². The Hall–Kier alpha value is -2.55. The van der Waals surface area contributed by atoms with Crippen molar-refractivity contribution in [2.75, 3.05) is 19.8 Å². The Labute approximate surface area is 189 Å². The normalized spacial score (nSPS) is 16.7. The molecule has 32 heavy (non-hydrogen) atoms. The summed E-state index contributed by atoms with van der Waals surface area (Å²) < 4.78 is 37.9. The molecule has 1 fully saturated rings. The fourth-order valence-electron chi connectivity index (χ4n) is 3.32. The van der Waals surface area contributed by atoms with E-state index in [4.69, 9.17) is 9.47 Å². The molecule has 0 aromatic heterocycles. The lowest BCUT2D eigenvalue weighted by atomic mass is 9.86. The Morgan fingerprint density at radius 3 is 2.22 bits per heavy atom. The number of ketones is 1. The third-order valence-electron chi connectivity index (χ3n) is 5.33. The number of carbonyl (C=O) groups is 2. The molecular weight excluding hydrogens is 430 g/mol. The first-order valence-corrected chi connectivity index (χ1v) is 12.1. The van der Waals surface area contributed by atoms with Gasteiger partial charge in [0.05, 0.1) is 16.6 Å². The Morgan fingerprint density at radius 2 is 1.66 bits per heavy atom. The summed E-state index contributed by atoms with van der Waals surface area (Å²) in [4.78, 5) is 24.6. The Morgan fingerprint density at radius 1 is 1.03 bits per heavy atom. The molecule has 2 aromatic rings. The summed E-state index contributed by atoms with van der Waals surface area (Å²) in [6.45, 7) is 6.72. The van der Waals surface area contributed by atoms with E-state index in [0.29, 0.717) is 12.2 Å². The Kier molecular flexibility index (Phi) is 7.48. The van der Waals surface area contributed by atoms with Crippen LogP contribution in [0, 0.1) is 0 Å². The van der Waals surface area contributed by atoms with Crippen LogP contribution in [0.5, 0.6) is 0 Å². The first kappa shape index (κ1) is 24.1. The summed E-state index contributed by atoms with van der Waals surface area (Å²) in [5, 5.41) is 0. The van der Waals surface area contributed by atoms with Crippen LogP contribution < -0.4 is 4.72 Å². The maximum absolute atomic E-state index is 12.4. The minimum absolute atomic E-state index is 0.0204. The first-order chi connectivity index (χ1) is 15.1. The molecule has 1 atom stereocenters. The van der Waals surface area contributed by atoms with Crippen molar-refractivity contribution < 1.29 is 27.5 Å². The molecule has 1 unspecified atom stereocenters. The maximum atomic E-state index is 12.4. The van der Waals surface area contributed by atoms with Crippen molar-refractivity contribution in [2.24, 2.45) is 0 Å². The van der Waals surface area contributed by atoms with Gasteiger partial charge in [-0.05, 0) is 48.1 Å². The molecule has 0 spiro atoms. The highest BCUT2D eigenvalue weighted by Crippen LogP contribution is 2.22. The van der Waals surface area contributed by atoms with Gasteiger partial charge in [-0.3, -0.25) is 4.79 Å². The summed E-state index contributed by atoms with van der Waals surface area (Å²) in [6.07, 6.45) is 1.64. The average molecular weight is 460 g/mol. The second kappa shape index (κ2) is 9.94. The number of Topliss-reactive ketones (excluding diaryl/α,β-unsaturated/α-hetero) is 1. The van der Waals surface area contributed by atoms with Gasteiger partial charge in [0.1, 0.15) is 0 Å². The van der Waals surface area contributed by atoms with E-state index in [0.717, 1.165) is 18.4 Å². The molecule has 1 heterocycles. The monoisotopic (exact) mass is 459 g/mol. The van der Waals surface area contributed by atoms with Crippen LogP contribution in [-0.2, 0) is 24.9 Å². The van der Waals surface area contributed by atoms with Crippen molar-refractivity contribution in [3.8, 4) is 0 Å². The minimum Gasteiger partial charge on any atom is -0.454 e. The van der Waals surface area contributed by atoms with E-state index in [-0.39, 0.29) is 34.3 Å². The molecular formula is C24H29NO6S. The van der Waals surface area contributed by atoms with E-state index < -0.39 is 22.6 Å². The lowest BCUT2D eigenvalue weighted by Gasteiger charge is -2.18. The molecule has 0 aliphatic carbocycles. The van der Waals surface area contributed by atoms with Gasteiger partial charge in [0, 0.05) is 18.7 Å². The number of sulfonamides is 1. The van der Waals surface area contributed by atoms with Gasteiger partial charge >= 0.3 is 5.97 Å². The fraction of sp³-hybridized carbons (Fsp3) is 0.417. The van der Waals surface area contributed by atoms with E-state index in [9.17, 15) is 18.0 Å². The molecule has 0 radical (unpaired) electrons. The third-order valence-corrected chi connectivity index (χ3v) is 6.77. The molecule has 1 aliphatic rings. The van der Waals surface area contributed by atoms with Crippen LogP contribution in [0.4, 0.5) is 0 Å². The van der Waals surface area contributed by atoms with E-state index in [2.05, 4.69) is 25.5 Å². The Balaban J connectivity index is 1.54. The number of carbonyl (C=O) groups excluding carboxylic acids is 2. The van der Waals surface area contributed by atoms with Crippen LogP contribution in [-0.4, -0.2) is 46.0 Å². The van der Waals surface area contributed by atoms with Gasteiger partial charge in [0.2, 0.25) is 10.0 Å². The third kappa shape index (κ3) is 6.25. The van der Waals surface area contributed by atoms with Gasteiger partial charge in [-0.15, -0.1) is 0 Å².